The van der Waals surface area contributed by atoms with Gasteiger partial charge in [-0.3, -0.25) is 9.69 Å². The number of rotatable bonds is 2. The minimum atomic E-state index is -0.601. The van der Waals surface area contributed by atoms with Crippen LogP contribution in [0.5, 0.6) is 0 Å². The van der Waals surface area contributed by atoms with Crippen molar-refractivity contribution in [3.63, 3.8) is 0 Å². The molecule has 2 rings (SSSR count). The van der Waals surface area contributed by atoms with E-state index in [2.05, 4.69) is 11.8 Å². The van der Waals surface area contributed by atoms with Crippen molar-refractivity contribution in [2.45, 2.75) is 32.2 Å². The molecular formula is C10H17NO2. The highest BCUT2D eigenvalue weighted by atomic mass is 16.4. The molecule has 1 N–H and O–H groups in total. The first-order valence-electron chi connectivity index (χ1n) is 5.13. The zero-order valence-corrected chi connectivity index (χ0v) is 8.07. The van der Waals surface area contributed by atoms with E-state index in [-0.39, 0.29) is 5.92 Å². The molecule has 0 aromatic carbocycles. The van der Waals surface area contributed by atoms with Crippen molar-refractivity contribution in [3.05, 3.63) is 0 Å². The molecule has 1 aliphatic carbocycles. The van der Waals surface area contributed by atoms with Crippen molar-refractivity contribution < 1.29 is 9.90 Å². The largest absolute Gasteiger partial charge is 0.481 e. The Morgan fingerprint density at radius 1 is 1.38 bits per heavy atom. The lowest BCUT2D eigenvalue weighted by Crippen LogP contribution is -2.50. The van der Waals surface area contributed by atoms with Gasteiger partial charge in [-0.15, -0.1) is 0 Å². The topological polar surface area (TPSA) is 40.5 Å². The third-order valence-corrected chi connectivity index (χ3v) is 3.36. The molecule has 13 heavy (non-hydrogen) atoms. The Hall–Kier alpha value is -0.570. The maximum absolute atomic E-state index is 10.7. The first-order chi connectivity index (χ1) is 6.16. The molecule has 0 aromatic rings. The lowest BCUT2D eigenvalue weighted by Gasteiger charge is -2.41. The van der Waals surface area contributed by atoms with Gasteiger partial charge < -0.3 is 5.11 Å². The van der Waals surface area contributed by atoms with E-state index in [4.69, 9.17) is 5.11 Å². The van der Waals surface area contributed by atoms with Crippen LogP contribution in [0.1, 0.15) is 26.2 Å². The van der Waals surface area contributed by atoms with Gasteiger partial charge in [-0.2, -0.15) is 0 Å². The summed E-state index contributed by atoms with van der Waals surface area (Å²) >= 11 is 0. The number of carboxylic acids is 1. The summed E-state index contributed by atoms with van der Waals surface area (Å²) in [5, 5.41) is 8.84. The molecule has 0 bridgehead atoms. The summed E-state index contributed by atoms with van der Waals surface area (Å²) in [7, 11) is 0. The monoisotopic (exact) mass is 183 g/mol. The van der Waals surface area contributed by atoms with E-state index in [1.165, 1.54) is 13.1 Å². The van der Waals surface area contributed by atoms with Crippen molar-refractivity contribution in [2.75, 3.05) is 13.1 Å². The van der Waals surface area contributed by atoms with E-state index in [0.717, 1.165) is 25.2 Å². The van der Waals surface area contributed by atoms with Gasteiger partial charge in [0.05, 0.1) is 5.92 Å². The molecule has 1 aliphatic heterocycles. The van der Waals surface area contributed by atoms with Gasteiger partial charge in [0.1, 0.15) is 0 Å². The van der Waals surface area contributed by atoms with Crippen LogP contribution in [0.4, 0.5) is 0 Å². The van der Waals surface area contributed by atoms with Gasteiger partial charge in [0.25, 0.3) is 0 Å². The van der Waals surface area contributed by atoms with Crippen LogP contribution in [0.15, 0.2) is 0 Å². The molecular weight excluding hydrogens is 166 g/mol. The predicted molar refractivity (Wildman–Crippen MR) is 49.5 cm³/mol. The number of hydrogen-bond donors (Lipinski definition) is 1. The summed E-state index contributed by atoms with van der Waals surface area (Å²) in [6.07, 6.45) is 2.84. The standard InChI is InChI=1S/C10H17NO2/c1-7-5-11(6-7)9-3-2-8(4-9)10(12)13/h7-9H,2-6H2,1H3,(H,12,13)/t8-,9+/m1/s1. The van der Waals surface area contributed by atoms with Crippen molar-refractivity contribution in [1.82, 2.24) is 4.90 Å². The molecule has 2 atom stereocenters. The smallest absolute Gasteiger partial charge is 0.306 e. The van der Waals surface area contributed by atoms with E-state index in [0.29, 0.717) is 6.04 Å². The first kappa shape index (κ1) is 9.00. The van der Waals surface area contributed by atoms with Crippen LogP contribution in [0.25, 0.3) is 0 Å². The summed E-state index contributed by atoms with van der Waals surface area (Å²) in [5.41, 5.74) is 0. The third-order valence-electron chi connectivity index (χ3n) is 3.36. The second-order valence-electron chi connectivity index (χ2n) is 4.56. The summed E-state index contributed by atoms with van der Waals surface area (Å²) in [6.45, 7) is 4.61. The Morgan fingerprint density at radius 3 is 2.54 bits per heavy atom. The van der Waals surface area contributed by atoms with Gasteiger partial charge in [0.2, 0.25) is 0 Å². The molecule has 2 aliphatic rings. The summed E-state index contributed by atoms with van der Waals surface area (Å²) in [6, 6.07) is 0.567. The average molecular weight is 183 g/mol. The van der Waals surface area contributed by atoms with Crippen LogP contribution in [-0.2, 0) is 4.79 Å². The first-order valence-corrected chi connectivity index (χ1v) is 5.13. The quantitative estimate of drug-likeness (QED) is 0.699. The van der Waals surface area contributed by atoms with E-state index in [9.17, 15) is 4.79 Å². The SMILES string of the molecule is CC1CN([C@H]2CC[C@@H](C(=O)O)C2)C1. The Labute approximate surface area is 78.7 Å². The van der Waals surface area contributed by atoms with E-state index >= 15 is 0 Å². The molecule has 3 heteroatoms. The molecule has 0 aromatic heterocycles. The molecule has 1 saturated heterocycles. The summed E-state index contributed by atoms with van der Waals surface area (Å²) in [5.74, 6) is 0.154. The van der Waals surface area contributed by atoms with Gasteiger partial charge in [-0.25, -0.2) is 0 Å². The minimum absolute atomic E-state index is 0.0686. The molecule has 1 saturated carbocycles. The molecule has 3 nitrogen and oxygen atoms in total. The molecule has 1 heterocycles. The molecule has 74 valence electrons. The van der Waals surface area contributed by atoms with Crippen molar-refractivity contribution in [2.24, 2.45) is 11.8 Å². The summed E-state index contributed by atoms with van der Waals surface area (Å²) in [4.78, 5) is 13.2. The van der Waals surface area contributed by atoms with Gasteiger partial charge in [-0.05, 0) is 25.2 Å². The molecule has 0 amide bonds. The third kappa shape index (κ3) is 1.70. The second kappa shape index (κ2) is 3.29. The lowest BCUT2D eigenvalue weighted by atomic mass is 9.98. The van der Waals surface area contributed by atoms with Crippen LogP contribution >= 0.6 is 0 Å². The number of carbonyl (C=O) groups is 1. The van der Waals surface area contributed by atoms with Crippen LogP contribution in [0.2, 0.25) is 0 Å². The van der Waals surface area contributed by atoms with E-state index in [1.807, 2.05) is 0 Å². The van der Waals surface area contributed by atoms with Crippen LogP contribution < -0.4 is 0 Å². The maximum Gasteiger partial charge on any atom is 0.306 e. The van der Waals surface area contributed by atoms with Crippen molar-refractivity contribution >= 4 is 5.97 Å². The molecule has 0 radical (unpaired) electrons. The Balaban J connectivity index is 1.81. The lowest BCUT2D eigenvalue weighted by molar-refractivity contribution is -0.141. The molecule has 2 fully saturated rings. The van der Waals surface area contributed by atoms with Crippen LogP contribution in [0.3, 0.4) is 0 Å². The molecule has 0 unspecified atom stereocenters. The fourth-order valence-electron chi connectivity index (χ4n) is 2.56. The zero-order valence-electron chi connectivity index (χ0n) is 8.07. The van der Waals surface area contributed by atoms with Crippen molar-refractivity contribution in [1.29, 1.82) is 0 Å². The minimum Gasteiger partial charge on any atom is -0.481 e. The normalized spacial score (nSPS) is 36.1. The Morgan fingerprint density at radius 2 is 2.08 bits per heavy atom. The molecule has 0 spiro atoms. The van der Waals surface area contributed by atoms with Gasteiger partial charge >= 0.3 is 5.97 Å². The Kier molecular flexibility index (Phi) is 2.28. The number of nitrogens with zero attached hydrogens (tertiary/aromatic N) is 1. The number of aliphatic carboxylic acids is 1. The second-order valence-corrected chi connectivity index (χ2v) is 4.56. The Bertz CT molecular complexity index is 211. The number of hydrogen-bond acceptors (Lipinski definition) is 2. The highest BCUT2D eigenvalue weighted by Crippen LogP contribution is 2.33. The highest BCUT2D eigenvalue weighted by Gasteiger charge is 2.37. The van der Waals surface area contributed by atoms with Crippen LogP contribution in [-0.4, -0.2) is 35.1 Å². The van der Waals surface area contributed by atoms with Gasteiger partial charge in [0, 0.05) is 19.1 Å². The van der Waals surface area contributed by atoms with E-state index < -0.39 is 5.97 Å². The van der Waals surface area contributed by atoms with Gasteiger partial charge in [-0.1, -0.05) is 6.92 Å². The number of carboxylic acid groups (broad SMARTS) is 1. The zero-order chi connectivity index (χ0) is 9.42. The highest BCUT2D eigenvalue weighted by molar-refractivity contribution is 5.70. The van der Waals surface area contributed by atoms with Crippen molar-refractivity contribution in [3.8, 4) is 0 Å². The summed E-state index contributed by atoms with van der Waals surface area (Å²) < 4.78 is 0. The van der Waals surface area contributed by atoms with E-state index in [1.54, 1.807) is 0 Å². The number of likely N-dealkylation sites (tertiary alicyclic amines) is 1. The fourth-order valence-corrected chi connectivity index (χ4v) is 2.56. The average Bonchev–Trinajstić information content (AvgIpc) is 2.46. The maximum atomic E-state index is 10.7. The predicted octanol–water partition coefficient (Wildman–Crippen LogP) is 1.19. The van der Waals surface area contributed by atoms with Crippen LogP contribution in [0, 0.1) is 11.8 Å². The van der Waals surface area contributed by atoms with Gasteiger partial charge in [0.15, 0.2) is 0 Å². The fraction of sp³-hybridized carbons (Fsp3) is 0.900.